The summed E-state index contributed by atoms with van der Waals surface area (Å²) in [5.41, 5.74) is 4.87. The predicted molar refractivity (Wildman–Crippen MR) is 75.3 cm³/mol. The monoisotopic (exact) mass is 344 g/mol. The number of hydrogen-bond donors (Lipinski definition) is 3. The zero-order chi connectivity index (χ0) is 15.7. The van der Waals surface area contributed by atoms with Crippen LogP contribution >= 0.6 is 0 Å². The van der Waals surface area contributed by atoms with Crippen molar-refractivity contribution >= 4 is 17.8 Å². The summed E-state index contributed by atoms with van der Waals surface area (Å²) in [4.78, 5) is 32.8. The molecule has 0 aromatic rings. The number of carboxylic acid groups (broad SMARTS) is 1. The summed E-state index contributed by atoms with van der Waals surface area (Å²) in [5.74, 6) is -2.27. The number of carboxylic acids is 1. The Morgan fingerprint density at radius 2 is 1.45 bits per heavy atom. The second-order valence-electron chi connectivity index (χ2n) is 4.17. The topological polar surface area (TPSA) is 109 Å². The molecule has 2 aliphatic carbocycles. The van der Waals surface area contributed by atoms with Crippen molar-refractivity contribution in [2.75, 3.05) is 0 Å². The second-order valence-corrected chi connectivity index (χ2v) is 4.17. The van der Waals surface area contributed by atoms with Crippen LogP contribution in [0.25, 0.3) is 0 Å². The van der Waals surface area contributed by atoms with Crippen molar-refractivity contribution < 1.29 is 36.6 Å². The van der Waals surface area contributed by atoms with E-state index in [9.17, 15) is 14.4 Å². The molecule has 0 saturated heterocycles. The third-order valence-electron chi connectivity index (χ3n) is 2.49. The average molecular weight is 344 g/mol. The molecule has 0 spiro atoms. The van der Waals surface area contributed by atoms with E-state index in [0.29, 0.717) is 5.92 Å². The Balaban J connectivity index is 0.000000622. The quantitative estimate of drug-likeness (QED) is 0.603. The van der Waals surface area contributed by atoms with Crippen LogP contribution in [0, 0.1) is 63.7 Å². The number of carbonyl (C=O) groups excluding carboxylic acids is 2. The summed E-state index contributed by atoms with van der Waals surface area (Å²) in [6, 6.07) is -1.29. The van der Waals surface area contributed by atoms with Gasteiger partial charge in [-0.3, -0.25) is 9.59 Å². The van der Waals surface area contributed by atoms with Gasteiger partial charge in [0, 0.05) is 0 Å². The molecular weight excluding hydrogens is 328 g/mol. The van der Waals surface area contributed by atoms with Gasteiger partial charge >= 0.3 is 23.0 Å². The first-order valence-corrected chi connectivity index (χ1v) is 6.21. The number of aliphatic carboxylic acids is 1. The van der Waals surface area contributed by atoms with Crippen molar-refractivity contribution in [1.29, 1.82) is 0 Å². The van der Waals surface area contributed by atoms with E-state index in [-0.39, 0.29) is 17.1 Å². The van der Waals surface area contributed by atoms with Crippen LogP contribution in [0.4, 0.5) is 0 Å². The maximum atomic E-state index is 11.5. The standard InChI is InChI=1S/C10H11N2O4.C5H5.Fe/c11-8(13)5-7(10(15)16)12-9(14)6-3-1-2-4-6;1-2-4-5-3-1;/h1-4,7H,5H2,(H2,11,13)(H,12,14)(H,15,16);1-5H;/q;;+2/t7-;;/m0../s1. The summed E-state index contributed by atoms with van der Waals surface area (Å²) < 4.78 is 0. The summed E-state index contributed by atoms with van der Waals surface area (Å²) in [7, 11) is 0. The number of carbonyl (C=O) groups is 3. The average Bonchev–Trinajstić information content (AvgIpc) is 3.13. The molecule has 0 aromatic carbocycles. The number of rotatable bonds is 5. The zero-order valence-electron chi connectivity index (χ0n) is 11.6. The van der Waals surface area contributed by atoms with Gasteiger partial charge in [-0.05, 0) is 57.8 Å². The van der Waals surface area contributed by atoms with E-state index in [1.807, 2.05) is 32.1 Å². The third kappa shape index (κ3) is 8.39. The Hall–Kier alpha value is -1.07. The largest absolute Gasteiger partial charge is 2.00 e. The van der Waals surface area contributed by atoms with Gasteiger partial charge in [0.05, 0.1) is 12.3 Å². The van der Waals surface area contributed by atoms with Crippen LogP contribution in [0.3, 0.4) is 0 Å². The van der Waals surface area contributed by atoms with E-state index in [4.69, 9.17) is 10.8 Å². The summed E-state index contributed by atoms with van der Waals surface area (Å²) in [6.07, 6.45) is 16.0. The molecule has 116 valence electrons. The van der Waals surface area contributed by atoms with E-state index < -0.39 is 30.2 Å². The molecule has 6 nitrogen and oxygen atoms in total. The van der Waals surface area contributed by atoms with Crippen molar-refractivity contribution in [3.63, 3.8) is 0 Å². The zero-order valence-corrected chi connectivity index (χ0v) is 12.7. The number of hydrogen-bond acceptors (Lipinski definition) is 3. The Morgan fingerprint density at radius 3 is 1.82 bits per heavy atom. The molecule has 2 rings (SSSR count). The molecule has 0 unspecified atom stereocenters. The number of primary amides is 1. The Morgan fingerprint density at radius 1 is 1.00 bits per heavy atom. The minimum Gasteiger partial charge on any atom is -0.480 e. The summed E-state index contributed by atoms with van der Waals surface area (Å²) in [6.45, 7) is 0. The predicted octanol–water partition coefficient (Wildman–Crippen LogP) is -0.145. The first kappa shape index (κ1) is 20.9. The van der Waals surface area contributed by atoms with E-state index >= 15 is 0 Å². The van der Waals surface area contributed by atoms with Gasteiger partial charge in [0.1, 0.15) is 6.04 Å². The van der Waals surface area contributed by atoms with Gasteiger partial charge in [0.25, 0.3) is 0 Å². The molecule has 7 heteroatoms. The fourth-order valence-electron chi connectivity index (χ4n) is 1.49. The molecule has 0 heterocycles. The van der Waals surface area contributed by atoms with Crippen molar-refractivity contribution in [3.05, 3.63) is 63.7 Å². The number of amides is 2. The van der Waals surface area contributed by atoms with Gasteiger partial charge in [-0.25, -0.2) is 4.79 Å². The van der Waals surface area contributed by atoms with Gasteiger partial charge in [-0.1, -0.05) is 0 Å². The molecule has 22 heavy (non-hydrogen) atoms. The molecule has 10 radical (unpaired) electrons. The molecule has 0 bridgehead atoms. The van der Waals surface area contributed by atoms with Crippen molar-refractivity contribution in [2.24, 2.45) is 5.73 Å². The van der Waals surface area contributed by atoms with Crippen LogP contribution in [-0.4, -0.2) is 28.9 Å². The fourth-order valence-corrected chi connectivity index (χ4v) is 1.49. The molecule has 2 aliphatic rings. The fraction of sp³-hybridized carbons (Fsp3) is 0.133. The molecule has 2 amide bonds. The van der Waals surface area contributed by atoms with Gasteiger partial charge < -0.3 is 16.2 Å². The molecular formula is C15H16FeN2O4+2. The van der Waals surface area contributed by atoms with E-state index in [1.165, 1.54) is 0 Å². The van der Waals surface area contributed by atoms with Crippen molar-refractivity contribution in [1.82, 2.24) is 5.32 Å². The van der Waals surface area contributed by atoms with E-state index in [2.05, 4.69) is 5.32 Å². The minimum atomic E-state index is -1.29. The van der Waals surface area contributed by atoms with Gasteiger partial charge in [0.15, 0.2) is 0 Å². The van der Waals surface area contributed by atoms with Crippen molar-refractivity contribution in [3.8, 4) is 0 Å². The van der Waals surface area contributed by atoms with Gasteiger partial charge in [-0.15, -0.1) is 0 Å². The van der Waals surface area contributed by atoms with Crippen LogP contribution in [-0.2, 0) is 31.5 Å². The molecule has 1 atom stereocenters. The Kier molecular flexibility index (Phi) is 10.9. The molecule has 4 N–H and O–H groups in total. The smallest absolute Gasteiger partial charge is 0.480 e. The van der Waals surface area contributed by atoms with Crippen molar-refractivity contribution in [2.45, 2.75) is 12.5 Å². The second kappa shape index (κ2) is 11.5. The van der Waals surface area contributed by atoms with Gasteiger partial charge in [-0.2, -0.15) is 0 Å². The molecule has 2 saturated carbocycles. The first-order chi connectivity index (χ1) is 10.0. The third-order valence-corrected chi connectivity index (χ3v) is 2.49. The van der Waals surface area contributed by atoms with Crippen LogP contribution < -0.4 is 11.1 Å². The summed E-state index contributed by atoms with van der Waals surface area (Å²) >= 11 is 0. The SMILES string of the molecule is NC(=O)C[C@H](NC(=O)[C]1[CH][CH][CH][CH]1)C(=O)O.[CH]1[CH][CH][CH][CH]1.[Fe+2]. The normalized spacial score (nSPS) is 18.5. The minimum absolute atomic E-state index is 0. The van der Waals surface area contributed by atoms with Crippen LogP contribution in [0.5, 0.6) is 0 Å². The number of nitrogens with two attached hydrogens (primary N) is 1. The Labute approximate surface area is 142 Å². The number of nitrogens with one attached hydrogen (secondary N) is 1. The summed E-state index contributed by atoms with van der Waals surface area (Å²) in [5, 5.41) is 11.0. The van der Waals surface area contributed by atoms with E-state index in [1.54, 1.807) is 25.7 Å². The van der Waals surface area contributed by atoms with Crippen LogP contribution in [0.1, 0.15) is 6.42 Å². The van der Waals surface area contributed by atoms with Crippen LogP contribution in [0.2, 0.25) is 0 Å². The first-order valence-electron chi connectivity index (χ1n) is 6.21. The molecule has 2 fully saturated rings. The Bertz CT molecular complexity index is 359. The van der Waals surface area contributed by atoms with E-state index in [0.717, 1.165) is 0 Å². The van der Waals surface area contributed by atoms with Gasteiger partial charge in [0.2, 0.25) is 11.8 Å². The molecule has 0 aromatic heterocycles. The molecule has 0 aliphatic heterocycles. The van der Waals surface area contributed by atoms with Crippen LogP contribution in [0.15, 0.2) is 0 Å². The maximum absolute atomic E-state index is 11.5. The maximum Gasteiger partial charge on any atom is 2.00 e.